The summed E-state index contributed by atoms with van der Waals surface area (Å²) < 4.78 is 0. The van der Waals surface area contributed by atoms with Crippen molar-refractivity contribution in [2.75, 3.05) is 26.2 Å². The molecule has 2 aliphatic rings. The fourth-order valence-electron chi connectivity index (χ4n) is 3.91. The highest BCUT2D eigenvalue weighted by Crippen LogP contribution is 2.22. The van der Waals surface area contributed by atoms with Gasteiger partial charge < -0.3 is 10.6 Å². The number of hydrogen-bond donors (Lipinski definition) is 1. The molecule has 0 saturated carbocycles. The van der Waals surface area contributed by atoms with Crippen LogP contribution < -0.4 is 5.73 Å². The molecule has 1 aromatic rings. The van der Waals surface area contributed by atoms with Crippen molar-refractivity contribution in [1.82, 2.24) is 9.80 Å². The lowest BCUT2D eigenvalue weighted by molar-refractivity contribution is -0.136. The number of nitrogens with two attached hydrogens (primary N) is 1. The van der Waals surface area contributed by atoms with Crippen LogP contribution >= 0.6 is 0 Å². The van der Waals surface area contributed by atoms with Crippen LogP contribution in [0.5, 0.6) is 0 Å². The Morgan fingerprint density at radius 2 is 1.75 bits per heavy atom. The Bertz CT molecular complexity index is 567. The van der Waals surface area contributed by atoms with Crippen LogP contribution in [0.1, 0.15) is 31.2 Å². The molecule has 5 nitrogen and oxygen atoms in total. The Kier molecular flexibility index (Phi) is 5.51. The summed E-state index contributed by atoms with van der Waals surface area (Å²) in [4.78, 5) is 28.1. The quantitative estimate of drug-likeness (QED) is 0.888. The Morgan fingerprint density at radius 1 is 1.04 bits per heavy atom. The van der Waals surface area contributed by atoms with Crippen molar-refractivity contribution in [2.45, 2.75) is 38.1 Å². The SMILES string of the molecule is NC(=O)C1CCN(C(=O)CN2CCC[C@@H]2Cc2ccccc2)CC1. The van der Waals surface area contributed by atoms with Gasteiger partial charge in [0.05, 0.1) is 6.54 Å². The normalized spacial score (nSPS) is 22.7. The zero-order valence-corrected chi connectivity index (χ0v) is 14.2. The van der Waals surface area contributed by atoms with Gasteiger partial charge in [0, 0.05) is 25.0 Å². The van der Waals surface area contributed by atoms with Gasteiger partial charge in [-0.2, -0.15) is 0 Å². The number of amides is 2. The van der Waals surface area contributed by atoms with E-state index >= 15 is 0 Å². The highest BCUT2D eigenvalue weighted by Gasteiger charge is 2.30. The van der Waals surface area contributed by atoms with E-state index < -0.39 is 0 Å². The predicted octanol–water partition coefficient (Wildman–Crippen LogP) is 1.42. The maximum Gasteiger partial charge on any atom is 0.236 e. The molecular weight excluding hydrogens is 302 g/mol. The van der Waals surface area contributed by atoms with E-state index in [0.29, 0.717) is 38.5 Å². The van der Waals surface area contributed by atoms with Gasteiger partial charge in [-0.3, -0.25) is 14.5 Å². The summed E-state index contributed by atoms with van der Waals surface area (Å²) >= 11 is 0. The number of likely N-dealkylation sites (tertiary alicyclic amines) is 2. The first-order valence-electron chi connectivity index (χ1n) is 8.98. The molecule has 0 bridgehead atoms. The molecule has 2 saturated heterocycles. The van der Waals surface area contributed by atoms with Gasteiger partial charge in [0.1, 0.15) is 0 Å². The highest BCUT2D eigenvalue weighted by molar-refractivity contribution is 5.80. The van der Waals surface area contributed by atoms with Gasteiger partial charge in [-0.15, -0.1) is 0 Å². The largest absolute Gasteiger partial charge is 0.369 e. The van der Waals surface area contributed by atoms with E-state index in [-0.39, 0.29) is 17.7 Å². The minimum atomic E-state index is -0.232. The third kappa shape index (κ3) is 4.15. The second kappa shape index (κ2) is 7.79. The molecule has 3 rings (SSSR count). The first-order chi connectivity index (χ1) is 11.6. The minimum Gasteiger partial charge on any atom is -0.369 e. The smallest absolute Gasteiger partial charge is 0.236 e. The molecule has 0 radical (unpaired) electrons. The van der Waals surface area contributed by atoms with Crippen LogP contribution in [0.4, 0.5) is 0 Å². The molecular formula is C19H27N3O2. The third-order valence-corrected chi connectivity index (χ3v) is 5.40. The molecule has 1 aromatic carbocycles. The van der Waals surface area contributed by atoms with E-state index in [1.165, 1.54) is 5.56 Å². The summed E-state index contributed by atoms with van der Waals surface area (Å²) in [6.07, 6.45) is 4.74. The Labute approximate surface area is 143 Å². The van der Waals surface area contributed by atoms with Gasteiger partial charge in [0.15, 0.2) is 0 Å². The monoisotopic (exact) mass is 329 g/mol. The summed E-state index contributed by atoms with van der Waals surface area (Å²) in [6.45, 7) is 2.81. The fraction of sp³-hybridized carbons (Fsp3) is 0.579. The van der Waals surface area contributed by atoms with E-state index in [1.54, 1.807) is 0 Å². The van der Waals surface area contributed by atoms with Crippen molar-refractivity contribution in [3.8, 4) is 0 Å². The van der Waals surface area contributed by atoms with Crippen LogP contribution in [-0.4, -0.2) is 53.8 Å². The number of carbonyl (C=O) groups is 2. The van der Waals surface area contributed by atoms with Crippen molar-refractivity contribution < 1.29 is 9.59 Å². The van der Waals surface area contributed by atoms with Crippen molar-refractivity contribution in [2.24, 2.45) is 11.7 Å². The van der Waals surface area contributed by atoms with Crippen LogP contribution in [0, 0.1) is 5.92 Å². The van der Waals surface area contributed by atoms with E-state index in [4.69, 9.17) is 5.73 Å². The number of piperidine rings is 1. The van der Waals surface area contributed by atoms with Crippen LogP contribution in [-0.2, 0) is 16.0 Å². The lowest BCUT2D eigenvalue weighted by Gasteiger charge is -2.33. The lowest BCUT2D eigenvalue weighted by Crippen LogP contribution is -2.47. The van der Waals surface area contributed by atoms with E-state index in [9.17, 15) is 9.59 Å². The zero-order valence-electron chi connectivity index (χ0n) is 14.2. The molecule has 0 aliphatic carbocycles. The standard InChI is InChI=1S/C19H27N3O2/c20-19(24)16-8-11-21(12-9-16)18(23)14-22-10-4-7-17(22)13-15-5-2-1-3-6-15/h1-3,5-6,16-17H,4,7-14H2,(H2,20,24)/t17-/m1/s1. The summed E-state index contributed by atoms with van der Waals surface area (Å²) in [6, 6.07) is 11.0. The van der Waals surface area contributed by atoms with E-state index in [0.717, 1.165) is 25.8 Å². The van der Waals surface area contributed by atoms with Gasteiger partial charge in [-0.1, -0.05) is 30.3 Å². The minimum absolute atomic E-state index is 0.0633. The van der Waals surface area contributed by atoms with Gasteiger partial charge in [-0.05, 0) is 44.2 Å². The van der Waals surface area contributed by atoms with Crippen LogP contribution in [0.2, 0.25) is 0 Å². The number of rotatable bonds is 5. The summed E-state index contributed by atoms with van der Waals surface area (Å²) in [5, 5.41) is 0. The van der Waals surface area contributed by atoms with Crippen molar-refractivity contribution in [3.63, 3.8) is 0 Å². The third-order valence-electron chi connectivity index (χ3n) is 5.40. The molecule has 0 aromatic heterocycles. The maximum absolute atomic E-state index is 12.6. The van der Waals surface area contributed by atoms with Crippen molar-refractivity contribution in [1.29, 1.82) is 0 Å². The van der Waals surface area contributed by atoms with E-state index in [2.05, 4.69) is 29.2 Å². The molecule has 5 heteroatoms. The average Bonchev–Trinajstić information content (AvgIpc) is 3.02. The Morgan fingerprint density at radius 3 is 2.42 bits per heavy atom. The summed E-state index contributed by atoms with van der Waals surface area (Å²) in [7, 11) is 0. The van der Waals surface area contributed by atoms with Crippen molar-refractivity contribution in [3.05, 3.63) is 35.9 Å². The molecule has 2 fully saturated rings. The van der Waals surface area contributed by atoms with Crippen LogP contribution in [0.3, 0.4) is 0 Å². The predicted molar refractivity (Wildman–Crippen MR) is 93.2 cm³/mol. The second-order valence-corrected chi connectivity index (χ2v) is 7.01. The van der Waals surface area contributed by atoms with E-state index in [1.807, 2.05) is 11.0 Å². The fourth-order valence-corrected chi connectivity index (χ4v) is 3.91. The molecule has 0 unspecified atom stereocenters. The first kappa shape index (κ1) is 17.0. The molecule has 2 heterocycles. The molecule has 24 heavy (non-hydrogen) atoms. The summed E-state index contributed by atoms with van der Waals surface area (Å²) in [5.41, 5.74) is 6.70. The highest BCUT2D eigenvalue weighted by atomic mass is 16.2. The second-order valence-electron chi connectivity index (χ2n) is 7.01. The number of carbonyl (C=O) groups excluding carboxylic acids is 2. The summed E-state index contributed by atoms with van der Waals surface area (Å²) in [5.74, 6) is -0.103. The van der Waals surface area contributed by atoms with Crippen LogP contribution in [0.15, 0.2) is 30.3 Å². The van der Waals surface area contributed by atoms with Gasteiger partial charge in [-0.25, -0.2) is 0 Å². The number of hydrogen-bond acceptors (Lipinski definition) is 3. The number of nitrogens with zero attached hydrogens (tertiary/aromatic N) is 2. The zero-order chi connectivity index (χ0) is 16.9. The average molecular weight is 329 g/mol. The molecule has 2 aliphatic heterocycles. The Balaban J connectivity index is 1.51. The van der Waals surface area contributed by atoms with Gasteiger partial charge in [0.25, 0.3) is 0 Å². The molecule has 1 atom stereocenters. The van der Waals surface area contributed by atoms with Gasteiger partial charge >= 0.3 is 0 Å². The molecule has 0 spiro atoms. The number of primary amides is 1. The van der Waals surface area contributed by atoms with Gasteiger partial charge in [0.2, 0.25) is 11.8 Å². The Hall–Kier alpha value is -1.88. The van der Waals surface area contributed by atoms with Crippen LogP contribution in [0.25, 0.3) is 0 Å². The van der Waals surface area contributed by atoms with Crippen molar-refractivity contribution >= 4 is 11.8 Å². The first-order valence-corrected chi connectivity index (χ1v) is 8.98. The molecule has 2 amide bonds. The molecule has 2 N–H and O–H groups in total. The molecule has 130 valence electrons. The lowest BCUT2D eigenvalue weighted by atomic mass is 9.96. The maximum atomic E-state index is 12.6. The number of benzene rings is 1. The topological polar surface area (TPSA) is 66.6 Å².